The second-order valence-corrected chi connectivity index (χ2v) is 18.5. The van der Waals surface area contributed by atoms with Crippen LogP contribution >= 0.6 is 0 Å². The number of carbonyl (C=O) groups excluding carboxylic acids is 3. The number of unbranched alkanes of at least 4 members (excludes halogenated alkanes) is 33. The molecule has 6 heteroatoms. The number of allylic oxidation sites excluding steroid dienone is 6. The summed E-state index contributed by atoms with van der Waals surface area (Å²) in [7, 11) is 0. The maximum Gasteiger partial charge on any atom is 0.306 e. The molecule has 368 valence electrons. The van der Waals surface area contributed by atoms with E-state index in [9.17, 15) is 14.4 Å². The molecule has 0 radical (unpaired) electrons. The summed E-state index contributed by atoms with van der Waals surface area (Å²) in [4.78, 5) is 38.0. The molecule has 6 nitrogen and oxygen atoms in total. The van der Waals surface area contributed by atoms with Gasteiger partial charge in [-0.25, -0.2) is 0 Å². The summed E-state index contributed by atoms with van der Waals surface area (Å²) in [6, 6.07) is 0. The Morgan fingerprint density at radius 2 is 0.571 bits per heavy atom. The Labute approximate surface area is 391 Å². The standard InChI is InChI=1S/C57H104O6/c1-4-7-10-13-16-19-22-25-27-28-29-30-31-33-35-38-41-44-47-50-56(59)62-53-54(52-61-55(58)49-46-43-40-37-34-24-21-18-15-12-9-6-3)63-57(60)51-48-45-42-39-36-32-26-23-20-17-14-11-8-5-2/h16,18-19,21,25,27,54H,4-15,17,20,22-24,26,28-53H2,1-3H3/b19-16-,21-18-,27-25-. The molecule has 0 aromatic rings. The summed E-state index contributed by atoms with van der Waals surface area (Å²) in [5.41, 5.74) is 0. The predicted molar refractivity (Wildman–Crippen MR) is 270 cm³/mol. The van der Waals surface area contributed by atoms with Gasteiger partial charge in [-0.05, 0) is 77.0 Å². The molecule has 0 saturated carbocycles. The van der Waals surface area contributed by atoms with E-state index >= 15 is 0 Å². The summed E-state index contributed by atoms with van der Waals surface area (Å²) in [5, 5.41) is 0. The Balaban J connectivity index is 4.32. The molecule has 0 N–H and O–H groups in total. The highest BCUT2D eigenvalue weighted by atomic mass is 16.6. The Kier molecular flexibility index (Phi) is 50.3. The lowest BCUT2D eigenvalue weighted by Crippen LogP contribution is -2.30. The summed E-state index contributed by atoms with van der Waals surface area (Å²) in [6.45, 7) is 6.61. The van der Waals surface area contributed by atoms with E-state index in [-0.39, 0.29) is 31.1 Å². The molecule has 1 unspecified atom stereocenters. The molecule has 1 atom stereocenters. The average Bonchev–Trinajstić information content (AvgIpc) is 3.28. The molecule has 0 heterocycles. The molecule has 0 bridgehead atoms. The van der Waals surface area contributed by atoms with E-state index in [4.69, 9.17) is 14.2 Å². The molecule has 0 saturated heterocycles. The fourth-order valence-corrected chi connectivity index (χ4v) is 7.94. The molecule has 0 rings (SSSR count). The maximum atomic E-state index is 12.8. The molecule has 0 spiro atoms. The minimum atomic E-state index is -0.773. The summed E-state index contributed by atoms with van der Waals surface area (Å²) < 4.78 is 16.8. The van der Waals surface area contributed by atoms with Gasteiger partial charge in [-0.3, -0.25) is 14.4 Å². The molecule has 0 aromatic heterocycles. The van der Waals surface area contributed by atoms with E-state index in [1.165, 1.54) is 180 Å². The first-order valence-corrected chi connectivity index (χ1v) is 27.5. The van der Waals surface area contributed by atoms with Crippen molar-refractivity contribution in [3.05, 3.63) is 36.5 Å². The van der Waals surface area contributed by atoms with Gasteiger partial charge in [0.05, 0.1) is 0 Å². The van der Waals surface area contributed by atoms with Crippen LogP contribution in [-0.4, -0.2) is 37.2 Å². The maximum absolute atomic E-state index is 12.8. The molecule has 0 aliphatic rings. The van der Waals surface area contributed by atoms with Gasteiger partial charge in [-0.1, -0.05) is 231 Å². The van der Waals surface area contributed by atoms with Gasteiger partial charge < -0.3 is 14.2 Å². The number of ether oxygens (including phenoxy) is 3. The fraction of sp³-hybridized carbons (Fsp3) is 0.842. The van der Waals surface area contributed by atoms with Gasteiger partial charge in [0, 0.05) is 19.3 Å². The van der Waals surface area contributed by atoms with Crippen molar-refractivity contribution in [1.82, 2.24) is 0 Å². The monoisotopic (exact) mass is 885 g/mol. The second kappa shape index (κ2) is 52.3. The third kappa shape index (κ3) is 50.5. The summed E-state index contributed by atoms with van der Waals surface area (Å²) >= 11 is 0. The lowest BCUT2D eigenvalue weighted by atomic mass is 10.0. The van der Waals surface area contributed by atoms with Crippen LogP contribution in [0.4, 0.5) is 0 Å². The normalized spacial score (nSPS) is 12.2. The first-order valence-electron chi connectivity index (χ1n) is 27.5. The number of esters is 3. The highest BCUT2D eigenvalue weighted by Crippen LogP contribution is 2.16. The van der Waals surface area contributed by atoms with Crippen LogP contribution in [0.15, 0.2) is 36.5 Å². The quantitative estimate of drug-likeness (QED) is 0.0262. The molecule has 0 aromatic carbocycles. The zero-order chi connectivity index (χ0) is 45.8. The summed E-state index contributed by atoms with van der Waals surface area (Å²) in [5.74, 6) is -0.873. The minimum absolute atomic E-state index is 0.0738. The van der Waals surface area contributed by atoms with Crippen LogP contribution in [0.2, 0.25) is 0 Å². The Bertz CT molecular complexity index is 1060. The van der Waals surface area contributed by atoms with Gasteiger partial charge in [0.15, 0.2) is 6.10 Å². The first kappa shape index (κ1) is 60.6. The SMILES string of the molecule is CCCCC/C=C\C/C=C\CCCCCCCCCCCC(=O)OCC(COC(=O)CCCCCCC/C=C\CCCCC)OC(=O)CCCCCCCCCCCCCCCC. The van der Waals surface area contributed by atoms with Crippen molar-refractivity contribution >= 4 is 17.9 Å². The van der Waals surface area contributed by atoms with Gasteiger partial charge in [-0.15, -0.1) is 0 Å². The van der Waals surface area contributed by atoms with Gasteiger partial charge in [0.1, 0.15) is 13.2 Å². The third-order valence-electron chi connectivity index (χ3n) is 12.1. The van der Waals surface area contributed by atoms with Gasteiger partial charge in [-0.2, -0.15) is 0 Å². The van der Waals surface area contributed by atoms with Crippen molar-refractivity contribution < 1.29 is 28.6 Å². The van der Waals surface area contributed by atoms with E-state index in [1.54, 1.807) is 0 Å². The van der Waals surface area contributed by atoms with Crippen molar-refractivity contribution in [2.45, 2.75) is 297 Å². The first-order chi connectivity index (χ1) is 31.0. The van der Waals surface area contributed by atoms with Crippen LogP contribution in [0.3, 0.4) is 0 Å². The second-order valence-electron chi connectivity index (χ2n) is 18.5. The number of hydrogen-bond donors (Lipinski definition) is 0. The van der Waals surface area contributed by atoms with Crippen molar-refractivity contribution in [1.29, 1.82) is 0 Å². The Hall–Kier alpha value is -2.37. The molecule has 0 fully saturated rings. The molecule has 0 amide bonds. The summed E-state index contributed by atoms with van der Waals surface area (Å²) in [6.07, 6.45) is 61.2. The van der Waals surface area contributed by atoms with E-state index in [0.29, 0.717) is 19.3 Å². The largest absolute Gasteiger partial charge is 0.462 e. The Morgan fingerprint density at radius 1 is 0.317 bits per heavy atom. The minimum Gasteiger partial charge on any atom is -0.462 e. The topological polar surface area (TPSA) is 78.9 Å². The molecule has 63 heavy (non-hydrogen) atoms. The lowest BCUT2D eigenvalue weighted by molar-refractivity contribution is -0.167. The zero-order valence-corrected chi connectivity index (χ0v) is 42.1. The highest BCUT2D eigenvalue weighted by molar-refractivity contribution is 5.71. The molecular weight excluding hydrogens is 781 g/mol. The van der Waals surface area contributed by atoms with Gasteiger partial charge in [0.25, 0.3) is 0 Å². The average molecular weight is 885 g/mol. The van der Waals surface area contributed by atoms with Gasteiger partial charge in [0.2, 0.25) is 0 Å². The van der Waals surface area contributed by atoms with Crippen LogP contribution in [-0.2, 0) is 28.6 Å². The smallest absolute Gasteiger partial charge is 0.306 e. The van der Waals surface area contributed by atoms with Gasteiger partial charge >= 0.3 is 17.9 Å². The van der Waals surface area contributed by atoms with Crippen molar-refractivity contribution in [3.8, 4) is 0 Å². The van der Waals surface area contributed by atoms with Crippen LogP contribution in [0.5, 0.6) is 0 Å². The number of hydrogen-bond acceptors (Lipinski definition) is 6. The van der Waals surface area contributed by atoms with E-state index < -0.39 is 6.10 Å². The number of rotatable bonds is 50. The van der Waals surface area contributed by atoms with Crippen molar-refractivity contribution in [2.24, 2.45) is 0 Å². The Morgan fingerprint density at radius 3 is 0.921 bits per heavy atom. The van der Waals surface area contributed by atoms with Crippen LogP contribution < -0.4 is 0 Å². The van der Waals surface area contributed by atoms with Crippen LogP contribution in [0.1, 0.15) is 290 Å². The van der Waals surface area contributed by atoms with E-state index in [1.807, 2.05) is 0 Å². The highest BCUT2D eigenvalue weighted by Gasteiger charge is 2.19. The number of carbonyl (C=O) groups is 3. The molecule has 0 aliphatic heterocycles. The fourth-order valence-electron chi connectivity index (χ4n) is 7.94. The molecular formula is C57H104O6. The van der Waals surface area contributed by atoms with Crippen LogP contribution in [0.25, 0.3) is 0 Å². The zero-order valence-electron chi connectivity index (χ0n) is 42.1. The van der Waals surface area contributed by atoms with Crippen molar-refractivity contribution in [2.75, 3.05) is 13.2 Å². The van der Waals surface area contributed by atoms with Crippen molar-refractivity contribution in [3.63, 3.8) is 0 Å². The van der Waals surface area contributed by atoms with E-state index in [0.717, 1.165) is 70.6 Å². The lowest BCUT2D eigenvalue weighted by Gasteiger charge is -2.18. The molecule has 0 aliphatic carbocycles. The van der Waals surface area contributed by atoms with E-state index in [2.05, 4.69) is 57.2 Å². The van der Waals surface area contributed by atoms with Crippen LogP contribution in [0, 0.1) is 0 Å². The third-order valence-corrected chi connectivity index (χ3v) is 12.1. The predicted octanol–water partition coefficient (Wildman–Crippen LogP) is 18.1.